The molecular formula is C16H22BrNO. The van der Waals surface area contributed by atoms with Gasteiger partial charge in [0.05, 0.1) is 0 Å². The zero-order chi connectivity index (χ0) is 13.7. The highest BCUT2D eigenvalue weighted by atomic mass is 79.9. The second kappa shape index (κ2) is 6.99. The van der Waals surface area contributed by atoms with Crippen molar-refractivity contribution in [2.75, 3.05) is 0 Å². The number of benzene rings is 1. The highest BCUT2D eigenvalue weighted by Crippen LogP contribution is 2.25. The second-order valence-corrected chi connectivity index (χ2v) is 5.51. The van der Waals surface area contributed by atoms with Crippen LogP contribution in [-0.4, -0.2) is 4.57 Å². The molecule has 0 fully saturated rings. The summed E-state index contributed by atoms with van der Waals surface area (Å²) >= 11 is 3.02. The molecule has 2 nitrogen and oxygen atoms in total. The Labute approximate surface area is 124 Å². The molecule has 0 bridgehead atoms. The average molecular weight is 324 g/mol. The Morgan fingerprint density at radius 1 is 1.26 bits per heavy atom. The van der Waals surface area contributed by atoms with Crippen LogP contribution >= 0.6 is 16.3 Å². The molecule has 1 atom stereocenters. The molecule has 2 rings (SSSR count). The first kappa shape index (κ1) is 14.4. The van der Waals surface area contributed by atoms with Crippen molar-refractivity contribution in [3.8, 4) is 5.75 Å². The van der Waals surface area contributed by atoms with Gasteiger partial charge in [-0.2, -0.15) is 0 Å². The summed E-state index contributed by atoms with van der Waals surface area (Å²) in [5, 5.41) is 1.24. The van der Waals surface area contributed by atoms with E-state index in [1.54, 1.807) is 0 Å². The van der Waals surface area contributed by atoms with Crippen LogP contribution in [0.3, 0.4) is 0 Å². The van der Waals surface area contributed by atoms with E-state index in [-0.39, 0.29) is 0 Å². The molecule has 1 aromatic carbocycles. The Kier molecular flexibility index (Phi) is 5.32. The summed E-state index contributed by atoms with van der Waals surface area (Å²) in [7, 11) is 0. The maximum atomic E-state index is 5.09. The van der Waals surface area contributed by atoms with Gasteiger partial charge in [0.25, 0.3) is 0 Å². The van der Waals surface area contributed by atoms with E-state index < -0.39 is 0 Å². The van der Waals surface area contributed by atoms with Crippen molar-refractivity contribution in [2.45, 2.75) is 46.1 Å². The molecule has 0 aliphatic carbocycles. The van der Waals surface area contributed by atoms with Gasteiger partial charge in [-0.1, -0.05) is 33.1 Å². The van der Waals surface area contributed by atoms with Crippen molar-refractivity contribution >= 4 is 27.2 Å². The molecule has 0 saturated carbocycles. The van der Waals surface area contributed by atoms with Crippen LogP contribution in [0.25, 0.3) is 10.9 Å². The molecule has 0 N–H and O–H groups in total. The molecule has 19 heavy (non-hydrogen) atoms. The maximum Gasteiger partial charge on any atom is 0.179 e. The van der Waals surface area contributed by atoms with Gasteiger partial charge in [0.1, 0.15) is 5.75 Å². The third-order valence-corrected chi connectivity index (χ3v) is 4.20. The minimum Gasteiger partial charge on any atom is -0.418 e. The van der Waals surface area contributed by atoms with Crippen molar-refractivity contribution in [3.05, 3.63) is 30.5 Å². The highest BCUT2D eigenvalue weighted by Gasteiger charge is 2.09. The van der Waals surface area contributed by atoms with E-state index in [9.17, 15) is 0 Å². The first-order valence-electron chi connectivity index (χ1n) is 7.16. The first-order chi connectivity index (χ1) is 9.28. The van der Waals surface area contributed by atoms with Crippen LogP contribution in [0.15, 0.2) is 30.5 Å². The van der Waals surface area contributed by atoms with Gasteiger partial charge < -0.3 is 8.40 Å². The van der Waals surface area contributed by atoms with Gasteiger partial charge in [-0.05, 0) is 36.6 Å². The van der Waals surface area contributed by atoms with Crippen LogP contribution in [0.4, 0.5) is 0 Å². The number of rotatable bonds is 7. The summed E-state index contributed by atoms with van der Waals surface area (Å²) in [4.78, 5) is 0. The van der Waals surface area contributed by atoms with Crippen LogP contribution in [0, 0.1) is 5.92 Å². The minimum absolute atomic E-state index is 0.780. The first-order valence-corrected chi connectivity index (χ1v) is 7.80. The summed E-state index contributed by atoms with van der Waals surface area (Å²) < 4.78 is 7.46. The quantitative estimate of drug-likeness (QED) is 0.651. The summed E-state index contributed by atoms with van der Waals surface area (Å²) in [5.41, 5.74) is 1.29. The molecule has 0 aliphatic heterocycles. The number of hydrogen-bond donors (Lipinski definition) is 0. The average Bonchev–Trinajstić information content (AvgIpc) is 2.85. The summed E-state index contributed by atoms with van der Waals surface area (Å²) in [5.74, 6) is 1.63. The fourth-order valence-corrected chi connectivity index (χ4v) is 2.78. The topological polar surface area (TPSA) is 14.2 Å². The predicted molar refractivity (Wildman–Crippen MR) is 84.8 cm³/mol. The van der Waals surface area contributed by atoms with E-state index in [0.29, 0.717) is 0 Å². The minimum atomic E-state index is 0.780. The maximum absolute atomic E-state index is 5.09. The fraction of sp³-hybridized carbons (Fsp3) is 0.500. The van der Waals surface area contributed by atoms with Gasteiger partial charge in [0, 0.05) is 23.6 Å². The molecule has 0 spiro atoms. The van der Waals surface area contributed by atoms with Crippen molar-refractivity contribution in [3.63, 3.8) is 0 Å². The Morgan fingerprint density at radius 3 is 2.79 bits per heavy atom. The molecule has 104 valence electrons. The fourth-order valence-electron chi connectivity index (χ4n) is 2.58. The number of aromatic nitrogens is 1. The zero-order valence-electron chi connectivity index (χ0n) is 11.7. The Balaban J connectivity index is 2.16. The number of hydrogen-bond acceptors (Lipinski definition) is 1. The van der Waals surface area contributed by atoms with Gasteiger partial charge in [0.2, 0.25) is 0 Å². The van der Waals surface area contributed by atoms with Gasteiger partial charge in [-0.15, -0.1) is 0 Å². The number of fused-ring (bicyclic) bond motifs is 1. The van der Waals surface area contributed by atoms with Crippen LogP contribution in [0.2, 0.25) is 0 Å². The monoisotopic (exact) mass is 323 g/mol. The van der Waals surface area contributed by atoms with Gasteiger partial charge in [0.15, 0.2) is 16.3 Å². The molecule has 0 saturated heterocycles. The number of halogens is 1. The highest BCUT2D eigenvalue weighted by molar-refractivity contribution is 9.06. The summed E-state index contributed by atoms with van der Waals surface area (Å²) in [6.07, 6.45) is 7.39. The third-order valence-electron chi connectivity index (χ3n) is 3.83. The van der Waals surface area contributed by atoms with Gasteiger partial charge in [-0.3, -0.25) is 0 Å². The molecular weight excluding hydrogens is 302 g/mol. The summed E-state index contributed by atoms with van der Waals surface area (Å²) in [6, 6.07) is 8.37. The van der Waals surface area contributed by atoms with Gasteiger partial charge in [-0.25, -0.2) is 0 Å². The molecule has 0 aliphatic rings. The lowest BCUT2D eigenvalue weighted by Gasteiger charge is -2.16. The lowest BCUT2D eigenvalue weighted by molar-refractivity contribution is 0.396. The van der Waals surface area contributed by atoms with Crippen LogP contribution in [0.1, 0.15) is 39.5 Å². The lowest BCUT2D eigenvalue weighted by Crippen LogP contribution is -2.09. The largest absolute Gasteiger partial charge is 0.418 e. The van der Waals surface area contributed by atoms with Crippen molar-refractivity contribution in [1.82, 2.24) is 4.57 Å². The molecule has 1 aromatic heterocycles. The SMILES string of the molecule is CCCCC(CC)Cn1ccc2cc(OBr)ccc21. The van der Waals surface area contributed by atoms with Crippen molar-refractivity contribution in [1.29, 1.82) is 0 Å². The molecule has 0 amide bonds. The Morgan fingerprint density at radius 2 is 2.11 bits per heavy atom. The second-order valence-electron chi connectivity index (χ2n) is 5.18. The van der Waals surface area contributed by atoms with E-state index in [0.717, 1.165) is 18.2 Å². The van der Waals surface area contributed by atoms with Crippen LogP contribution in [0.5, 0.6) is 5.75 Å². The third kappa shape index (κ3) is 3.53. The van der Waals surface area contributed by atoms with E-state index >= 15 is 0 Å². The molecule has 1 heterocycles. The molecule has 3 heteroatoms. The van der Waals surface area contributed by atoms with Gasteiger partial charge >= 0.3 is 0 Å². The van der Waals surface area contributed by atoms with E-state index in [1.807, 2.05) is 6.07 Å². The van der Waals surface area contributed by atoms with E-state index in [1.165, 1.54) is 36.6 Å². The van der Waals surface area contributed by atoms with E-state index in [4.69, 9.17) is 3.83 Å². The molecule has 0 radical (unpaired) electrons. The normalized spacial score (nSPS) is 12.8. The Bertz CT molecular complexity index is 520. The standard InChI is InChI=1S/C16H22BrNO/c1-3-5-6-13(4-2)12-18-10-9-14-11-15(19-17)7-8-16(14)18/h7-11,13H,3-6,12H2,1-2H3. The zero-order valence-corrected chi connectivity index (χ0v) is 13.3. The number of unbranched alkanes of at least 4 members (excludes halogenated alkanes) is 1. The predicted octanol–water partition coefficient (Wildman–Crippen LogP) is 5.55. The molecule has 1 unspecified atom stereocenters. The van der Waals surface area contributed by atoms with Crippen molar-refractivity contribution in [2.24, 2.45) is 5.92 Å². The lowest BCUT2D eigenvalue weighted by atomic mass is 9.99. The number of nitrogens with zero attached hydrogens (tertiary/aromatic N) is 1. The van der Waals surface area contributed by atoms with Crippen LogP contribution in [-0.2, 0) is 6.54 Å². The van der Waals surface area contributed by atoms with Crippen LogP contribution < -0.4 is 3.83 Å². The van der Waals surface area contributed by atoms with E-state index in [2.05, 4.69) is 59.1 Å². The molecule has 2 aromatic rings. The van der Waals surface area contributed by atoms with Crippen molar-refractivity contribution < 1.29 is 3.83 Å². The smallest absolute Gasteiger partial charge is 0.179 e. The Hall–Kier alpha value is -0.960. The summed E-state index contributed by atoms with van der Waals surface area (Å²) in [6.45, 7) is 5.68.